The first-order chi connectivity index (χ1) is 9.08. The summed E-state index contributed by atoms with van der Waals surface area (Å²) in [6, 6.07) is 5.25. The highest BCUT2D eigenvalue weighted by molar-refractivity contribution is 5.38. The highest BCUT2D eigenvalue weighted by atomic mass is 14.9. The molecule has 0 fully saturated rings. The van der Waals surface area contributed by atoms with Crippen LogP contribution in [0.3, 0.4) is 0 Å². The lowest BCUT2D eigenvalue weighted by Crippen LogP contribution is -2.28. The second-order valence-corrected chi connectivity index (χ2v) is 5.92. The Morgan fingerprint density at radius 1 is 1.00 bits per heavy atom. The molecular formula is C18H31N. The summed E-state index contributed by atoms with van der Waals surface area (Å²) in [5, 5.41) is 3.50. The van der Waals surface area contributed by atoms with Gasteiger partial charge < -0.3 is 5.32 Å². The lowest BCUT2D eigenvalue weighted by molar-refractivity contribution is 0.483. The van der Waals surface area contributed by atoms with E-state index in [2.05, 4.69) is 52.2 Å². The molecule has 108 valence electrons. The maximum absolute atomic E-state index is 3.50. The van der Waals surface area contributed by atoms with Crippen LogP contribution in [0.15, 0.2) is 12.1 Å². The van der Waals surface area contributed by atoms with Gasteiger partial charge in [-0.15, -0.1) is 0 Å². The number of hydrogen-bond donors (Lipinski definition) is 1. The zero-order valence-corrected chi connectivity index (χ0v) is 13.5. The molecule has 0 bridgehead atoms. The number of nitrogens with one attached hydrogen (secondary N) is 1. The zero-order chi connectivity index (χ0) is 14.3. The van der Waals surface area contributed by atoms with Gasteiger partial charge in [-0.1, -0.05) is 50.3 Å². The van der Waals surface area contributed by atoms with E-state index in [1.165, 1.54) is 55.2 Å². The van der Waals surface area contributed by atoms with Gasteiger partial charge in [-0.25, -0.2) is 0 Å². The molecule has 0 aliphatic heterocycles. The van der Waals surface area contributed by atoms with Crippen LogP contribution in [-0.4, -0.2) is 13.1 Å². The molecule has 0 saturated carbocycles. The van der Waals surface area contributed by atoms with Crippen LogP contribution in [-0.2, 0) is 6.42 Å². The average molecular weight is 261 g/mol. The number of unbranched alkanes of at least 4 members (excludes halogenated alkanes) is 3. The van der Waals surface area contributed by atoms with Gasteiger partial charge in [0.25, 0.3) is 0 Å². The molecule has 0 heterocycles. The summed E-state index contributed by atoms with van der Waals surface area (Å²) in [7, 11) is 2.10. The Bertz CT molecular complexity index is 358. The molecule has 19 heavy (non-hydrogen) atoms. The van der Waals surface area contributed by atoms with Gasteiger partial charge in [-0.2, -0.15) is 0 Å². The fourth-order valence-electron chi connectivity index (χ4n) is 2.94. The van der Waals surface area contributed by atoms with Gasteiger partial charge in [0.15, 0.2) is 0 Å². The highest BCUT2D eigenvalue weighted by Crippen LogP contribution is 2.19. The van der Waals surface area contributed by atoms with E-state index in [1.54, 1.807) is 5.56 Å². The van der Waals surface area contributed by atoms with Gasteiger partial charge in [0.05, 0.1) is 0 Å². The summed E-state index contributed by atoms with van der Waals surface area (Å²) in [5.41, 5.74) is 5.82. The third kappa shape index (κ3) is 5.36. The van der Waals surface area contributed by atoms with Crippen LogP contribution in [0.5, 0.6) is 0 Å². The molecule has 1 N–H and O–H groups in total. The number of likely N-dealkylation sites (N-methyl/N-ethyl adjacent to an activating group) is 1. The van der Waals surface area contributed by atoms with Crippen molar-refractivity contribution in [3.63, 3.8) is 0 Å². The van der Waals surface area contributed by atoms with Crippen LogP contribution in [0, 0.1) is 20.8 Å². The summed E-state index contributed by atoms with van der Waals surface area (Å²) in [6.07, 6.45) is 7.88. The minimum atomic E-state index is 0.622. The van der Waals surface area contributed by atoms with Crippen molar-refractivity contribution >= 4 is 0 Å². The monoisotopic (exact) mass is 261 g/mol. The minimum Gasteiger partial charge on any atom is -0.317 e. The Morgan fingerprint density at radius 2 is 1.63 bits per heavy atom. The molecule has 1 rings (SSSR count). The van der Waals surface area contributed by atoms with Crippen molar-refractivity contribution in [1.29, 1.82) is 0 Å². The standard InChI is InChI=1S/C18H31N/c1-6-7-8-9-10-17(19-5)13-18-15(3)11-14(2)12-16(18)4/h11-12,17,19H,6-10,13H2,1-5H3. The number of rotatable bonds is 8. The molecule has 0 amide bonds. The van der Waals surface area contributed by atoms with E-state index >= 15 is 0 Å². The third-order valence-electron chi connectivity index (χ3n) is 4.11. The first-order valence-electron chi connectivity index (χ1n) is 7.82. The largest absolute Gasteiger partial charge is 0.317 e. The highest BCUT2D eigenvalue weighted by Gasteiger charge is 2.11. The van der Waals surface area contributed by atoms with E-state index in [0.717, 1.165) is 0 Å². The SMILES string of the molecule is CCCCCCC(Cc1c(C)cc(C)cc1C)NC. The van der Waals surface area contributed by atoms with Crippen LogP contribution < -0.4 is 5.32 Å². The second kappa shape index (κ2) is 8.37. The average Bonchev–Trinajstić information content (AvgIpc) is 2.36. The molecule has 0 radical (unpaired) electrons. The van der Waals surface area contributed by atoms with Crippen LogP contribution in [0.1, 0.15) is 61.3 Å². The van der Waals surface area contributed by atoms with E-state index in [0.29, 0.717) is 6.04 Å². The normalized spacial score (nSPS) is 12.7. The summed E-state index contributed by atoms with van der Waals surface area (Å²) in [5.74, 6) is 0. The molecule has 0 spiro atoms. The van der Waals surface area contributed by atoms with Crippen molar-refractivity contribution in [3.05, 3.63) is 34.4 Å². The lowest BCUT2D eigenvalue weighted by Gasteiger charge is -2.19. The zero-order valence-electron chi connectivity index (χ0n) is 13.5. The first kappa shape index (κ1) is 16.2. The molecular weight excluding hydrogens is 230 g/mol. The number of hydrogen-bond acceptors (Lipinski definition) is 1. The van der Waals surface area contributed by atoms with E-state index in [-0.39, 0.29) is 0 Å². The molecule has 1 unspecified atom stereocenters. The fraction of sp³-hybridized carbons (Fsp3) is 0.667. The fourth-order valence-corrected chi connectivity index (χ4v) is 2.94. The topological polar surface area (TPSA) is 12.0 Å². The van der Waals surface area contributed by atoms with Gasteiger partial charge in [0.2, 0.25) is 0 Å². The minimum absolute atomic E-state index is 0.622. The van der Waals surface area contributed by atoms with Crippen LogP contribution >= 0.6 is 0 Å². The Kier molecular flexibility index (Phi) is 7.15. The smallest absolute Gasteiger partial charge is 0.0105 e. The molecule has 1 atom stereocenters. The van der Waals surface area contributed by atoms with Gasteiger partial charge in [-0.3, -0.25) is 0 Å². The van der Waals surface area contributed by atoms with Crippen molar-refractivity contribution in [2.45, 2.75) is 72.3 Å². The Labute approximate surface area is 119 Å². The molecule has 1 heteroatoms. The number of aryl methyl sites for hydroxylation is 3. The van der Waals surface area contributed by atoms with E-state index in [4.69, 9.17) is 0 Å². The molecule has 0 aromatic heterocycles. The summed E-state index contributed by atoms with van der Waals surface area (Å²) >= 11 is 0. The van der Waals surface area contributed by atoms with Crippen molar-refractivity contribution < 1.29 is 0 Å². The molecule has 1 aromatic rings. The third-order valence-corrected chi connectivity index (χ3v) is 4.11. The predicted octanol–water partition coefficient (Wildman–Crippen LogP) is 4.71. The van der Waals surface area contributed by atoms with Crippen LogP contribution in [0.4, 0.5) is 0 Å². The van der Waals surface area contributed by atoms with Gasteiger partial charge in [0, 0.05) is 6.04 Å². The molecule has 1 aromatic carbocycles. The molecule has 0 aliphatic carbocycles. The second-order valence-electron chi connectivity index (χ2n) is 5.92. The quantitative estimate of drug-likeness (QED) is 0.668. The van der Waals surface area contributed by atoms with E-state index < -0.39 is 0 Å². The van der Waals surface area contributed by atoms with Crippen molar-refractivity contribution in [2.75, 3.05) is 7.05 Å². The maximum Gasteiger partial charge on any atom is 0.0105 e. The van der Waals surface area contributed by atoms with Gasteiger partial charge in [-0.05, 0) is 57.4 Å². The molecule has 0 saturated heterocycles. The predicted molar refractivity (Wildman–Crippen MR) is 86.0 cm³/mol. The Balaban J connectivity index is 2.60. The Hall–Kier alpha value is -0.820. The summed E-state index contributed by atoms with van der Waals surface area (Å²) in [6.45, 7) is 8.96. The summed E-state index contributed by atoms with van der Waals surface area (Å²) < 4.78 is 0. The van der Waals surface area contributed by atoms with E-state index in [9.17, 15) is 0 Å². The van der Waals surface area contributed by atoms with Crippen molar-refractivity contribution in [3.8, 4) is 0 Å². The van der Waals surface area contributed by atoms with Crippen molar-refractivity contribution in [2.24, 2.45) is 0 Å². The Morgan fingerprint density at radius 3 is 2.16 bits per heavy atom. The van der Waals surface area contributed by atoms with Crippen LogP contribution in [0.25, 0.3) is 0 Å². The lowest BCUT2D eigenvalue weighted by atomic mass is 9.92. The van der Waals surface area contributed by atoms with Gasteiger partial charge in [0.1, 0.15) is 0 Å². The van der Waals surface area contributed by atoms with Gasteiger partial charge >= 0.3 is 0 Å². The van der Waals surface area contributed by atoms with Crippen LogP contribution in [0.2, 0.25) is 0 Å². The maximum atomic E-state index is 3.50. The molecule has 0 aliphatic rings. The molecule has 1 nitrogen and oxygen atoms in total. The summed E-state index contributed by atoms with van der Waals surface area (Å²) in [4.78, 5) is 0. The number of benzene rings is 1. The van der Waals surface area contributed by atoms with E-state index in [1.807, 2.05) is 0 Å². The van der Waals surface area contributed by atoms with Crippen molar-refractivity contribution in [1.82, 2.24) is 5.32 Å². The first-order valence-corrected chi connectivity index (χ1v) is 7.82.